The van der Waals surface area contributed by atoms with Crippen molar-refractivity contribution < 1.29 is 21.6 Å². The second-order valence-corrected chi connectivity index (χ2v) is 7.39. The van der Waals surface area contributed by atoms with Gasteiger partial charge in [0.1, 0.15) is 0 Å². The minimum Gasteiger partial charge on any atom is -0.366 e. The number of rotatable bonds is 6. The van der Waals surface area contributed by atoms with Gasteiger partial charge < -0.3 is 5.73 Å². The zero-order valence-corrected chi connectivity index (χ0v) is 14.9. The first-order chi connectivity index (χ1) is 12.0. The Kier molecular flexibility index (Phi) is 5.71. The first kappa shape index (κ1) is 19.9. The molecule has 2 aromatic rings. The summed E-state index contributed by atoms with van der Waals surface area (Å²) < 4.78 is 64.1. The van der Waals surface area contributed by atoms with Gasteiger partial charge in [0.25, 0.3) is 0 Å². The van der Waals surface area contributed by atoms with Crippen LogP contribution in [0.1, 0.15) is 25.8 Å². The predicted molar refractivity (Wildman–Crippen MR) is 92.4 cm³/mol. The van der Waals surface area contributed by atoms with Crippen LogP contribution in [0.15, 0.2) is 35.4 Å². The Hall–Kier alpha value is -2.40. The lowest BCUT2D eigenvalue weighted by molar-refractivity contribution is -0.132. The Morgan fingerprint density at radius 3 is 2.69 bits per heavy atom. The lowest BCUT2D eigenvalue weighted by atomic mass is 10.1. The number of anilines is 1. The van der Waals surface area contributed by atoms with Gasteiger partial charge in [-0.25, -0.2) is 17.7 Å². The number of allylic oxidation sites excluding steroid dienone is 4. The topological polar surface area (TPSA) is 102 Å². The second-order valence-electron chi connectivity index (χ2n) is 5.45. The number of sulfonamides is 1. The van der Waals surface area contributed by atoms with Gasteiger partial charge in [-0.1, -0.05) is 6.08 Å². The third-order valence-electron chi connectivity index (χ3n) is 3.47. The van der Waals surface area contributed by atoms with Crippen molar-refractivity contribution in [3.8, 4) is 0 Å². The van der Waals surface area contributed by atoms with Crippen LogP contribution in [-0.4, -0.2) is 35.7 Å². The molecule has 2 rings (SSSR count). The van der Waals surface area contributed by atoms with E-state index in [-0.39, 0.29) is 10.9 Å². The summed E-state index contributed by atoms with van der Waals surface area (Å²) in [5, 5.41) is 3.98. The molecule has 2 heterocycles. The van der Waals surface area contributed by atoms with Crippen LogP contribution in [0.5, 0.6) is 0 Å². The number of hydrogen-bond acceptors (Lipinski definition) is 5. The zero-order valence-electron chi connectivity index (χ0n) is 14.1. The van der Waals surface area contributed by atoms with E-state index in [0.717, 1.165) is 0 Å². The molecule has 0 aromatic carbocycles. The summed E-state index contributed by atoms with van der Waals surface area (Å²) in [7, 11) is -4.02. The molecule has 7 nitrogen and oxygen atoms in total. The maximum absolute atomic E-state index is 12.2. The smallest absolute Gasteiger partial charge is 0.366 e. The highest BCUT2D eigenvalue weighted by Crippen LogP contribution is 2.21. The summed E-state index contributed by atoms with van der Waals surface area (Å²) in [4.78, 5) is 3.88. The van der Waals surface area contributed by atoms with E-state index < -0.39 is 29.2 Å². The van der Waals surface area contributed by atoms with Crippen molar-refractivity contribution in [2.24, 2.45) is 0 Å². The molecular formula is C15H18F3N5O2S. The number of nitrogens with two attached hydrogens (primary N) is 1. The van der Waals surface area contributed by atoms with E-state index >= 15 is 0 Å². The number of nitrogen functional groups attached to an aromatic ring is 1. The van der Waals surface area contributed by atoms with Gasteiger partial charge in [0, 0.05) is 12.7 Å². The maximum atomic E-state index is 12.2. The number of fused-ring (bicyclic) bond motifs is 1. The number of nitrogens with zero attached hydrogens (tertiary/aromatic N) is 3. The molecule has 0 bridgehead atoms. The van der Waals surface area contributed by atoms with Gasteiger partial charge in [-0.2, -0.15) is 18.2 Å². The standard InChI is InChI=1S/C15H18F3N5O2S/c1-3-11(12-4-5-13-21-14(19)22-23(13)9-12)8-10(2)26(24,25)20-7-6-15(16,17)18/h3-5,8-9,20H,6-7H2,1-2H3,(H2,19,22)/b10-8+,11-3+. The molecule has 0 radical (unpaired) electrons. The first-order valence-electron chi connectivity index (χ1n) is 7.55. The van der Waals surface area contributed by atoms with E-state index in [1.165, 1.54) is 17.5 Å². The highest BCUT2D eigenvalue weighted by molar-refractivity contribution is 7.93. The quantitative estimate of drug-likeness (QED) is 0.739. The Morgan fingerprint density at radius 2 is 2.08 bits per heavy atom. The van der Waals surface area contributed by atoms with Crippen molar-refractivity contribution >= 4 is 27.2 Å². The summed E-state index contributed by atoms with van der Waals surface area (Å²) in [6.45, 7) is 2.31. The molecule has 0 saturated heterocycles. The molecule has 0 aliphatic carbocycles. The normalized spacial score (nSPS) is 14.2. The third-order valence-corrected chi connectivity index (χ3v) is 5.02. The number of nitrogens with one attached hydrogen (secondary N) is 1. The number of halogens is 3. The Balaban J connectivity index is 2.22. The molecule has 11 heteroatoms. The SMILES string of the molecule is C/C=C(\C=C(/C)S(=O)(=O)NCCC(F)(F)F)c1ccc2nc(N)nn2c1. The maximum Gasteiger partial charge on any atom is 0.390 e. The number of hydrogen-bond donors (Lipinski definition) is 2. The van der Waals surface area contributed by atoms with Gasteiger partial charge in [-0.3, -0.25) is 0 Å². The lowest BCUT2D eigenvalue weighted by Crippen LogP contribution is -2.28. The summed E-state index contributed by atoms with van der Waals surface area (Å²) in [5.41, 5.74) is 7.26. The van der Waals surface area contributed by atoms with E-state index in [0.29, 0.717) is 16.8 Å². The van der Waals surface area contributed by atoms with Crippen LogP contribution in [0.4, 0.5) is 19.1 Å². The van der Waals surface area contributed by atoms with E-state index in [1.54, 1.807) is 31.3 Å². The molecule has 0 saturated carbocycles. The monoisotopic (exact) mass is 389 g/mol. The van der Waals surface area contributed by atoms with Gasteiger partial charge in [0.2, 0.25) is 16.0 Å². The summed E-state index contributed by atoms with van der Waals surface area (Å²) >= 11 is 0. The average molecular weight is 389 g/mol. The van der Waals surface area contributed by atoms with Crippen molar-refractivity contribution in [3.63, 3.8) is 0 Å². The van der Waals surface area contributed by atoms with Gasteiger partial charge >= 0.3 is 6.18 Å². The van der Waals surface area contributed by atoms with Crippen molar-refractivity contribution in [2.75, 3.05) is 12.3 Å². The Morgan fingerprint density at radius 1 is 1.38 bits per heavy atom. The fraction of sp³-hybridized carbons (Fsp3) is 0.333. The minimum atomic E-state index is -4.43. The van der Waals surface area contributed by atoms with Crippen LogP contribution in [0.25, 0.3) is 11.2 Å². The summed E-state index contributed by atoms with van der Waals surface area (Å²) in [5.74, 6) is 0.104. The van der Waals surface area contributed by atoms with Gasteiger partial charge in [0.05, 0.1) is 11.3 Å². The van der Waals surface area contributed by atoms with Crippen LogP contribution < -0.4 is 10.5 Å². The summed E-state index contributed by atoms with van der Waals surface area (Å²) in [6.07, 6.45) is -0.987. The fourth-order valence-electron chi connectivity index (χ4n) is 2.14. The van der Waals surface area contributed by atoms with Crippen LogP contribution in [0, 0.1) is 0 Å². The molecule has 26 heavy (non-hydrogen) atoms. The van der Waals surface area contributed by atoms with Crippen LogP contribution in [0.3, 0.4) is 0 Å². The van der Waals surface area contributed by atoms with Crippen LogP contribution in [0.2, 0.25) is 0 Å². The average Bonchev–Trinajstić information content (AvgIpc) is 2.89. The van der Waals surface area contributed by atoms with E-state index in [1.807, 2.05) is 4.72 Å². The first-order valence-corrected chi connectivity index (χ1v) is 9.03. The fourth-order valence-corrected chi connectivity index (χ4v) is 3.02. The van der Waals surface area contributed by atoms with Crippen molar-refractivity contribution in [3.05, 3.63) is 41.0 Å². The molecule has 0 spiro atoms. The molecule has 0 unspecified atom stereocenters. The number of pyridine rings is 1. The lowest BCUT2D eigenvalue weighted by Gasteiger charge is -2.10. The molecule has 3 N–H and O–H groups in total. The Bertz CT molecular complexity index is 961. The third kappa shape index (κ3) is 5.05. The van der Waals surface area contributed by atoms with Crippen molar-refractivity contribution in [1.82, 2.24) is 19.3 Å². The highest BCUT2D eigenvalue weighted by atomic mass is 32.2. The van der Waals surface area contributed by atoms with Crippen LogP contribution in [-0.2, 0) is 10.0 Å². The largest absolute Gasteiger partial charge is 0.390 e. The van der Waals surface area contributed by atoms with Gasteiger partial charge in [-0.15, -0.1) is 5.10 Å². The van der Waals surface area contributed by atoms with Crippen LogP contribution >= 0.6 is 0 Å². The van der Waals surface area contributed by atoms with Gasteiger partial charge in [0.15, 0.2) is 5.65 Å². The molecule has 0 aliphatic heterocycles. The summed E-state index contributed by atoms with van der Waals surface area (Å²) in [6, 6.07) is 3.38. The predicted octanol–water partition coefficient (Wildman–Crippen LogP) is 2.49. The van der Waals surface area contributed by atoms with Crippen molar-refractivity contribution in [2.45, 2.75) is 26.4 Å². The van der Waals surface area contributed by atoms with Crippen molar-refractivity contribution in [1.29, 1.82) is 0 Å². The number of aromatic nitrogens is 3. The molecular weight excluding hydrogens is 371 g/mol. The molecule has 0 aliphatic rings. The van der Waals surface area contributed by atoms with E-state index in [9.17, 15) is 21.6 Å². The number of alkyl halides is 3. The second kappa shape index (κ2) is 7.46. The zero-order chi connectivity index (χ0) is 19.5. The van der Waals surface area contributed by atoms with Gasteiger partial charge in [-0.05, 0) is 43.2 Å². The Labute approximate surface area is 148 Å². The molecule has 0 atom stereocenters. The van der Waals surface area contributed by atoms with E-state index in [4.69, 9.17) is 5.73 Å². The minimum absolute atomic E-state index is 0.104. The highest BCUT2D eigenvalue weighted by Gasteiger charge is 2.27. The molecule has 142 valence electrons. The molecule has 0 amide bonds. The van der Waals surface area contributed by atoms with E-state index in [2.05, 4.69) is 10.1 Å². The molecule has 0 fully saturated rings. The molecule has 2 aromatic heterocycles.